The number of carboxylic acids is 1. The predicted molar refractivity (Wildman–Crippen MR) is 126 cm³/mol. The van der Waals surface area contributed by atoms with E-state index in [4.69, 9.17) is 5.73 Å². The number of nitrogens with one attached hydrogen (secondary N) is 1. The molecule has 0 bridgehead atoms. The fourth-order valence-electron chi connectivity index (χ4n) is 4.73. The zero-order valence-corrected chi connectivity index (χ0v) is 19.2. The minimum Gasteiger partial charge on any atom is -0.480 e. The van der Waals surface area contributed by atoms with Crippen molar-refractivity contribution in [2.45, 2.75) is 31.2 Å². The number of nitrogen functional groups attached to an aromatic ring is 1. The molecule has 2 aliphatic rings. The Morgan fingerprint density at radius 3 is 2.77 bits per heavy atom. The zero-order chi connectivity index (χ0) is 25.1. The van der Waals surface area contributed by atoms with Gasteiger partial charge in [0.15, 0.2) is 6.04 Å². The van der Waals surface area contributed by atoms with Gasteiger partial charge in [-0.3, -0.25) is 10.1 Å². The molecule has 3 atom stereocenters. The maximum atomic E-state index is 13.3. The van der Waals surface area contributed by atoms with Crippen molar-refractivity contribution in [2.75, 3.05) is 31.2 Å². The fraction of sp³-hybridized carbons (Fsp3) is 0.375. The second-order valence-corrected chi connectivity index (χ2v) is 8.70. The van der Waals surface area contributed by atoms with E-state index in [0.717, 1.165) is 16.9 Å². The number of carbonyl (C=O) groups is 4. The van der Waals surface area contributed by atoms with E-state index in [1.54, 1.807) is 24.3 Å². The lowest BCUT2D eigenvalue weighted by Gasteiger charge is -2.46. The number of hydrogen-bond acceptors (Lipinski definition) is 7. The molecule has 0 saturated carbocycles. The van der Waals surface area contributed by atoms with Crippen molar-refractivity contribution in [3.8, 4) is 0 Å². The second kappa shape index (κ2) is 10.00. The van der Waals surface area contributed by atoms with Gasteiger partial charge in [0.2, 0.25) is 5.91 Å². The molecule has 0 spiro atoms. The number of ether oxygens (including phenoxy) is 1. The molecule has 3 heterocycles. The highest BCUT2D eigenvalue weighted by Gasteiger charge is 2.55. The van der Waals surface area contributed by atoms with Crippen LogP contribution < -0.4 is 11.1 Å². The first kappa shape index (κ1) is 24.0. The van der Waals surface area contributed by atoms with E-state index in [1.807, 2.05) is 12.1 Å². The Balaban J connectivity index is 1.46. The number of carbonyl (C=O) groups excluding carboxylic acids is 3. The van der Waals surface area contributed by atoms with Crippen LogP contribution in [0.15, 0.2) is 42.6 Å². The van der Waals surface area contributed by atoms with Crippen molar-refractivity contribution in [1.29, 1.82) is 0 Å². The van der Waals surface area contributed by atoms with Gasteiger partial charge in [-0.05, 0) is 54.7 Å². The molecule has 1 aromatic heterocycles. The van der Waals surface area contributed by atoms with E-state index in [2.05, 4.69) is 15.0 Å². The van der Waals surface area contributed by atoms with E-state index in [9.17, 15) is 24.3 Å². The molecule has 2 aliphatic heterocycles. The summed E-state index contributed by atoms with van der Waals surface area (Å²) in [5.74, 6) is -2.33. The van der Waals surface area contributed by atoms with Gasteiger partial charge in [-0.1, -0.05) is 12.1 Å². The Hall–Kier alpha value is -4.15. The second-order valence-electron chi connectivity index (χ2n) is 8.70. The number of β-lactam (4-membered cyclic amide) rings is 1. The predicted octanol–water partition coefficient (Wildman–Crippen LogP) is 2.30. The van der Waals surface area contributed by atoms with E-state index >= 15 is 0 Å². The number of aliphatic carboxylic acids is 1. The highest BCUT2D eigenvalue weighted by Crippen LogP contribution is 2.34. The number of methoxy groups -OCH3 is 1. The van der Waals surface area contributed by atoms with Gasteiger partial charge in [0.25, 0.3) is 0 Å². The highest BCUT2D eigenvalue weighted by molar-refractivity contribution is 6.07. The number of benzene rings is 1. The standard InChI is InChI=1S/C24H27N5O6/c1-35-23(33)27-17-6-2-4-15(12-17)16-5-3-9-28(13-16)24(34)29-20(22(31)32)18(21(29)30)10-14-7-8-26-19(25)11-14/h2,4,6-8,11-12,16,18,20H,3,5,9-10,13H2,1H3,(H2,25,26)(H,27,33)(H,31,32)/t16?,18-,20+/m1/s1. The van der Waals surface area contributed by atoms with Gasteiger partial charge in [0.1, 0.15) is 5.82 Å². The Labute approximate surface area is 201 Å². The Bertz CT molecular complexity index is 1150. The minimum atomic E-state index is -1.24. The number of imide groups is 1. The van der Waals surface area contributed by atoms with Crippen molar-refractivity contribution in [3.63, 3.8) is 0 Å². The van der Waals surface area contributed by atoms with Gasteiger partial charge >= 0.3 is 18.1 Å². The molecular formula is C24H27N5O6. The summed E-state index contributed by atoms with van der Waals surface area (Å²) in [4.78, 5) is 55.9. The Kier molecular flexibility index (Phi) is 6.85. The maximum Gasteiger partial charge on any atom is 0.411 e. The van der Waals surface area contributed by atoms with Crippen molar-refractivity contribution < 1.29 is 29.0 Å². The van der Waals surface area contributed by atoms with Crippen molar-refractivity contribution >= 4 is 35.5 Å². The number of piperidine rings is 1. The molecule has 4 N–H and O–H groups in total. The summed E-state index contributed by atoms with van der Waals surface area (Å²) >= 11 is 0. The van der Waals surface area contributed by atoms with Crippen LogP contribution in [0.3, 0.4) is 0 Å². The number of carboxylic acid groups (broad SMARTS) is 1. The van der Waals surface area contributed by atoms with Gasteiger partial charge in [0, 0.05) is 30.9 Å². The summed E-state index contributed by atoms with van der Waals surface area (Å²) in [5.41, 5.74) is 7.87. The molecule has 1 unspecified atom stereocenters. The van der Waals surface area contributed by atoms with E-state index in [-0.39, 0.29) is 18.2 Å². The molecule has 0 radical (unpaired) electrons. The number of aromatic nitrogens is 1. The molecular weight excluding hydrogens is 454 g/mol. The van der Waals surface area contributed by atoms with Gasteiger partial charge in [-0.25, -0.2) is 24.3 Å². The monoisotopic (exact) mass is 481 g/mol. The van der Waals surface area contributed by atoms with Crippen molar-refractivity contribution in [3.05, 3.63) is 53.7 Å². The average molecular weight is 482 g/mol. The fourth-order valence-corrected chi connectivity index (χ4v) is 4.73. The first-order chi connectivity index (χ1) is 16.8. The van der Waals surface area contributed by atoms with Crippen LogP contribution >= 0.6 is 0 Å². The third-order valence-electron chi connectivity index (χ3n) is 6.46. The van der Waals surface area contributed by atoms with Crippen LogP contribution in [0.4, 0.5) is 21.1 Å². The lowest BCUT2D eigenvalue weighted by Crippen LogP contribution is -2.69. The van der Waals surface area contributed by atoms with Gasteiger partial charge in [-0.2, -0.15) is 0 Å². The molecule has 11 heteroatoms. The molecule has 184 valence electrons. The van der Waals surface area contributed by atoms with E-state index in [1.165, 1.54) is 18.2 Å². The van der Waals surface area contributed by atoms with Gasteiger partial charge in [-0.15, -0.1) is 0 Å². The molecule has 4 rings (SSSR count). The van der Waals surface area contributed by atoms with Crippen LogP contribution in [0.1, 0.15) is 29.9 Å². The van der Waals surface area contributed by atoms with Crippen LogP contribution in [0.2, 0.25) is 0 Å². The van der Waals surface area contributed by atoms with Crippen LogP contribution in [0.5, 0.6) is 0 Å². The van der Waals surface area contributed by atoms with E-state index in [0.29, 0.717) is 30.8 Å². The lowest BCUT2D eigenvalue weighted by atomic mass is 9.82. The number of rotatable bonds is 5. The lowest BCUT2D eigenvalue weighted by molar-refractivity contribution is -0.166. The molecule has 4 amide bonds. The van der Waals surface area contributed by atoms with Crippen LogP contribution in [-0.4, -0.2) is 70.1 Å². The van der Waals surface area contributed by atoms with Crippen molar-refractivity contribution in [1.82, 2.24) is 14.8 Å². The number of amides is 4. The largest absolute Gasteiger partial charge is 0.480 e. The quantitative estimate of drug-likeness (QED) is 0.550. The smallest absolute Gasteiger partial charge is 0.411 e. The summed E-state index contributed by atoms with van der Waals surface area (Å²) < 4.78 is 4.63. The summed E-state index contributed by atoms with van der Waals surface area (Å²) in [6.07, 6.45) is 2.59. The molecule has 2 aromatic rings. The normalized spacial score (nSPS) is 21.7. The van der Waals surface area contributed by atoms with Crippen molar-refractivity contribution in [2.24, 2.45) is 5.92 Å². The highest BCUT2D eigenvalue weighted by atomic mass is 16.5. The molecule has 1 aromatic carbocycles. The third-order valence-corrected chi connectivity index (χ3v) is 6.46. The van der Waals surface area contributed by atoms with Gasteiger partial charge < -0.3 is 20.5 Å². The summed E-state index contributed by atoms with van der Waals surface area (Å²) in [6, 6.07) is 8.70. The number of pyridine rings is 1. The summed E-state index contributed by atoms with van der Waals surface area (Å²) in [7, 11) is 1.28. The topological polar surface area (TPSA) is 155 Å². The first-order valence-electron chi connectivity index (χ1n) is 11.3. The number of urea groups is 1. The molecule has 2 fully saturated rings. The number of anilines is 2. The summed E-state index contributed by atoms with van der Waals surface area (Å²) in [5, 5.41) is 12.4. The van der Waals surface area contributed by atoms with Crippen LogP contribution in [0.25, 0.3) is 0 Å². The SMILES string of the molecule is COC(=O)Nc1cccc(C2CCCN(C(=O)N3C(=O)[C@H](Cc4ccnc(N)c4)[C@H]3C(=O)O)C2)c1. The number of nitrogens with zero attached hydrogens (tertiary/aromatic N) is 3. The summed E-state index contributed by atoms with van der Waals surface area (Å²) in [6.45, 7) is 0.763. The zero-order valence-electron chi connectivity index (χ0n) is 19.2. The molecule has 11 nitrogen and oxygen atoms in total. The van der Waals surface area contributed by atoms with Crippen LogP contribution in [-0.2, 0) is 20.7 Å². The van der Waals surface area contributed by atoms with Gasteiger partial charge in [0.05, 0.1) is 13.0 Å². The minimum absolute atomic E-state index is 0.0256. The average Bonchev–Trinajstić information content (AvgIpc) is 2.85. The number of hydrogen-bond donors (Lipinski definition) is 3. The molecule has 0 aliphatic carbocycles. The van der Waals surface area contributed by atoms with E-state index < -0.39 is 36.0 Å². The Morgan fingerprint density at radius 1 is 1.26 bits per heavy atom. The molecule has 35 heavy (non-hydrogen) atoms. The number of nitrogens with two attached hydrogens (primary N) is 1. The molecule has 2 saturated heterocycles. The third kappa shape index (κ3) is 5.03. The maximum absolute atomic E-state index is 13.3. The first-order valence-corrected chi connectivity index (χ1v) is 11.3. The number of likely N-dealkylation sites (tertiary alicyclic amines) is 2. The Morgan fingerprint density at radius 2 is 2.06 bits per heavy atom. The van der Waals surface area contributed by atoms with Crippen LogP contribution in [0, 0.1) is 5.92 Å².